The van der Waals surface area contributed by atoms with Crippen molar-refractivity contribution < 1.29 is 0 Å². The van der Waals surface area contributed by atoms with Crippen LogP contribution in [0.4, 0.5) is 0 Å². The average Bonchev–Trinajstić information content (AvgIpc) is 2.63. The van der Waals surface area contributed by atoms with Gasteiger partial charge < -0.3 is 5.32 Å². The highest BCUT2D eigenvalue weighted by atomic mass is 14.9. The SMILES string of the molecule is Cc1ccc(CNC2CC3CC=CC32)cn1. The van der Waals surface area contributed by atoms with Gasteiger partial charge in [-0.2, -0.15) is 0 Å². The molecule has 16 heavy (non-hydrogen) atoms. The second-order valence-corrected chi connectivity index (χ2v) is 5.03. The molecule has 1 aromatic heterocycles. The smallest absolute Gasteiger partial charge is 0.0372 e. The molecule has 1 aromatic rings. The second-order valence-electron chi connectivity index (χ2n) is 5.03. The van der Waals surface area contributed by atoms with Crippen LogP contribution in [0.5, 0.6) is 0 Å². The van der Waals surface area contributed by atoms with E-state index in [0.29, 0.717) is 6.04 Å². The first-order valence-electron chi connectivity index (χ1n) is 6.14. The number of rotatable bonds is 3. The maximum absolute atomic E-state index is 4.31. The minimum atomic E-state index is 0.699. The summed E-state index contributed by atoms with van der Waals surface area (Å²) in [6.07, 6.45) is 9.35. The Hall–Kier alpha value is -1.15. The molecular formula is C14H18N2. The van der Waals surface area contributed by atoms with E-state index in [1.807, 2.05) is 13.1 Å². The Kier molecular flexibility index (Phi) is 2.52. The van der Waals surface area contributed by atoms with Gasteiger partial charge in [0.25, 0.3) is 0 Å². The van der Waals surface area contributed by atoms with Gasteiger partial charge in [0.1, 0.15) is 0 Å². The Labute approximate surface area is 96.8 Å². The van der Waals surface area contributed by atoms with Crippen molar-refractivity contribution in [3.8, 4) is 0 Å². The maximum Gasteiger partial charge on any atom is 0.0372 e. The van der Waals surface area contributed by atoms with Crippen LogP contribution in [0.25, 0.3) is 0 Å². The molecule has 84 valence electrons. The van der Waals surface area contributed by atoms with Crippen LogP contribution in [-0.2, 0) is 6.54 Å². The Morgan fingerprint density at radius 1 is 1.44 bits per heavy atom. The molecule has 2 heteroatoms. The molecule has 0 saturated heterocycles. The normalized spacial score (nSPS) is 31.2. The van der Waals surface area contributed by atoms with E-state index in [4.69, 9.17) is 0 Å². The summed E-state index contributed by atoms with van der Waals surface area (Å²) in [7, 11) is 0. The van der Waals surface area contributed by atoms with E-state index >= 15 is 0 Å². The molecule has 0 aliphatic heterocycles. The van der Waals surface area contributed by atoms with E-state index in [-0.39, 0.29) is 0 Å². The summed E-state index contributed by atoms with van der Waals surface area (Å²) in [5.41, 5.74) is 2.38. The molecule has 0 spiro atoms. The van der Waals surface area contributed by atoms with E-state index in [1.165, 1.54) is 18.4 Å². The summed E-state index contributed by atoms with van der Waals surface area (Å²) in [5, 5.41) is 3.64. The van der Waals surface area contributed by atoms with E-state index in [9.17, 15) is 0 Å². The van der Waals surface area contributed by atoms with Crippen molar-refractivity contribution in [1.82, 2.24) is 10.3 Å². The average molecular weight is 214 g/mol. The summed E-state index contributed by atoms with van der Waals surface area (Å²) in [4.78, 5) is 4.31. The number of pyridine rings is 1. The Bertz CT molecular complexity index is 394. The highest BCUT2D eigenvalue weighted by molar-refractivity contribution is 5.16. The van der Waals surface area contributed by atoms with Crippen LogP contribution in [0.2, 0.25) is 0 Å². The quantitative estimate of drug-likeness (QED) is 0.782. The predicted molar refractivity (Wildman–Crippen MR) is 65.0 cm³/mol. The molecule has 2 aliphatic rings. The highest BCUT2D eigenvalue weighted by Gasteiger charge is 2.40. The van der Waals surface area contributed by atoms with Gasteiger partial charge in [0.2, 0.25) is 0 Å². The molecule has 2 aliphatic carbocycles. The van der Waals surface area contributed by atoms with Gasteiger partial charge >= 0.3 is 0 Å². The molecule has 1 fully saturated rings. The molecule has 3 rings (SSSR count). The monoisotopic (exact) mass is 214 g/mol. The number of aryl methyl sites for hydroxylation is 1. The van der Waals surface area contributed by atoms with Crippen LogP contribution in [-0.4, -0.2) is 11.0 Å². The lowest BCUT2D eigenvalue weighted by molar-refractivity contribution is 0.162. The Morgan fingerprint density at radius 2 is 2.38 bits per heavy atom. The maximum atomic E-state index is 4.31. The Morgan fingerprint density at radius 3 is 3.12 bits per heavy atom. The molecule has 3 unspecified atom stereocenters. The van der Waals surface area contributed by atoms with Crippen LogP contribution < -0.4 is 5.32 Å². The zero-order valence-corrected chi connectivity index (χ0v) is 9.69. The minimum Gasteiger partial charge on any atom is -0.309 e. The van der Waals surface area contributed by atoms with Crippen molar-refractivity contribution in [3.05, 3.63) is 41.7 Å². The van der Waals surface area contributed by atoms with Crippen LogP contribution in [0, 0.1) is 18.8 Å². The summed E-state index contributed by atoms with van der Waals surface area (Å²) < 4.78 is 0. The van der Waals surface area contributed by atoms with Gasteiger partial charge in [-0.05, 0) is 43.2 Å². The van der Waals surface area contributed by atoms with Gasteiger partial charge in [0, 0.05) is 24.5 Å². The van der Waals surface area contributed by atoms with Crippen LogP contribution in [0.3, 0.4) is 0 Å². The standard InChI is InChI=1S/C14H18N2/c1-10-5-6-11(8-15-10)9-16-14-7-12-3-2-4-13(12)14/h2,4-6,8,12-14,16H,3,7,9H2,1H3. The second kappa shape index (κ2) is 4.02. The minimum absolute atomic E-state index is 0.699. The van der Waals surface area contributed by atoms with Crippen molar-refractivity contribution >= 4 is 0 Å². The van der Waals surface area contributed by atoms with Crippen LogP contribution in [0.15, 0.2) is 30.5 Å². The first-order valence-corrected chi connectivity index (χ1v) is 6.14. The van der Waals surface area contributed by atoms with Gasteiger partial charge in [0.05, 0.1) is 0 Å². The third-order valence-corrected chi connectivity index (χ3v) is 3.90. The summed E-state index contributed by atoms with van der Waals surface area (Å²) in [6.45, 7) is 2.98. The lowest BCUT2D eigenvalue weighted by Crippen LogP contribution is -2.47. The highest BCUT2D eigenvalue weighted by Crippen LogP contribution is 2.42. The molecule has 0 bridgehead atoms. The summed E-state index contributed by atoms with van der Waals surface area (Å²) >= 11 is 0. The molecule has 2 nitrogen and oxygen atoms in total. The van der Waals surface area contributed by atoms with Gasteiger partial charge in [-0.25, -0.2) is 0 Å². The number of fused-ring (bicyclic) bond motifs is 1. The summed E-state index contributed by atoms with van der Waals surface area (Å²) in [5.74, 6) is 1.74. The third-order valence-electron chi connectivity index (χ3n) is 3.90. The fourth-order valence-electron chi connectivity index (χ4n) is 2.80. The molecule has 1 heterocycles. The van der Waals surface area contributed by atoms with Crippen molar-refractivity contribution in [2.45, 2.75) is 32.4 Å². The topological polar surface area (TPSA) is 24.9 Å². The van der Waals surface area contributed by atoms with Gasteiger partial charge in [-0.15, -0.1) is 0 Å². The molecule has 0 amide bonds. The molecular weight excluding hydrogens is 196 g/mol. The number of hydrogen-bond acceptors (Lipinski definition) is 2. The fraction of sp³-hybridized carbons (Fsp3) is 0.500. The van der Waals surface area contributed by atoms with Crippen molar-refractivity contribution in [2.24, 2.45) is 11.8 Å². The van der Waals surface area contributed by atoms with E-state index in [0.717, 1.165) is 24.1 Å². The fourth-order valence-corrected chi connectivity index (χ4v) is 2.80. The van der Waals surface area contributed by atoms with Crippen LogP contribution >= 0.6 is 0 Å². The zero-order chi connectivity index (χ0) is 11.0. The zero-order valence-electron chi connectivity index (χ0n) is 9.69. The third kappa shape index (κ3) is 1.78. The van der Waals surface area contributed by atoms with Gasteiger partial charge in [-0.3, -0.25) is 4.98 Å². The largest absolute Gasteiger partial charge is 0.309 e. The van der Waals surface area contributed by atoms with Crippen molar-refractivity contribution in [2.75, 3.05) is 0 Å². The summed E-state index contributed by atoms with van der Waals surface area (Å²) in [6, 6.07) is 4.94. The number of hydrogen-bond donors (Lipinski definition) is 1. The number of allylic oxidation sites excluding steroid dienone is 1. The van der Waals surface area contributed by atoms with Gasteiger partial charge in [-0.1, -0.05) is 18.2 Å². The predicted octanol–water partition coefficient (Wildman–Crippen LogP) is 2.44. The first-order chi connectivity index (χ1) is 7.83. The molecule has 0 aromatic carbocycles. The Balaban J connectivity index is 1.53. The van der Waals surface area contributed by atoms with Gasteiger partial charge in [0.15, 0.2) is 0 Å². The van der Waals surface area contributed by atoms with Crippen molar-refractivity contribution in [3.63, 3.8) is 0 Å². The molecule has 1 saturated carbocycles. The molecule has 1 N–H and O–H groups in total. The number of aromatic nitrogens is 1. The number of nitrogens with zero attached hydrogens (tertiary/aromatic N) is 1. The lowest BCUT2D eigenvalue weighted by Gasteiger charge is -2.40. The first kappa shape index (κ1) is 10.0. The van der Waals surface area contributed by atoms with E-state index in [2.05, 4.69) is 34.6 Å². The van der Waals surface area contributed by atoms with E-state index < -0.39 is 0 Å². The number of nitrogens with one attached hydrogen (secondary N) is 1. The van der Waals surface area contributed by atoms with Crippen molar-refractivity contribution in [1.29, 1.82) is 0 Å². The lowest BCUT2D eigenvalue weighted by atomic mass is 9.71. The van der Waals surface area contributed by atoms with Crippen LogP contribution in [0.1, 0.15) is 24.1 Å². The molecule has 3 atom stereocenters. The van der Waals surface area contributed by atoms with E-state index in [1.54, 1.807) is 0 Å². The molecule has 0 radical (unpaired) electrons.